The summed E-state index contributed by atoms with van der Waals surface area (Å²) < 4.78 is 41.3. The fourth-order valence-corrected chi connectivity index (χ4v) is 4.71. The molecule has 10 heteroatoms. The zero-order chi connectivity index (χ0) is 25.5. The van der Waals surface area contributed by atoms with Gasteiger partial charge in [-0.1, -0.05) is 11.6 Å². The average molecular weight is 505 g/mol. The van der Waals surface area contributed by atoms with E-state index in [0.29, 0.717) is 41.6 Å². The Morgan fingerprint density at radius 1 is 1.08 bits per heavy atom. The summed E-state index contributed by atoms with van der Waals surface area (Å²) in [7, 11) is 2.07. The summed E-state index contributed by atoms with van der Waals surface area (Å²) in [6.07, 6.45) is 5.73. The van der Waals surface area contributed by atoms with Crippen LogP contribution in [0, 0.1) is 11.6 Å². The number of rotatable bonds is 5. The van der Waals surface area contributed by atoms with Crippen LogP contribution in [-0.2, 0) is 6.42 Å². The number of nitrogens with one attached hydrogen (secondary N) is 1. The molecule has 0 atom stereocenters. The maximum absolute atomic E-state index is 15.3. The molecule has 2 aliphatic heterocycles. The molecule has 3 aliphatic rings. The Kier molecular flexibility index (Phi) is 5.96. The topological polar surface area (TPSA) is 79.0 Å². The number of hydrogen-bond donors (Lipinski definition) is 1. The molecule has 1 saturated heterocycles. The first kappa shape index (κ1) is 23.4. The number of aliphatic imine (C=N–C) groups is 1. The van der Waals surface area contributed by atoms with Crippen LogP contribution in [0.4, 0.5) is 20.4 Å². The normalized spacial score (nSPS) is 17.4. The van der Waals surface area contributed by atoms with Gasteiger partial charge in [0, 0.05) is 43.4 Å². The molecule has 6 rings (SSSR count). The molecule has 1 fully saturated rings. The predicted molar refractivity (Wildman–Crippen MR) is 138 cm³/mol. The third-order valence-corrected chi connectivity index (χ3v) is 6.70. The number of nitrogens with zero attached hydrogens (tertiary/aromatic N) is 5. The number of ether oxygens (including phenoxy) is 1. The van der Waals surface area contributed by atoms with Crippen LogP contribution < -0.4 is 15.0 Å². The number of furan rings is 1. The van der Waals surface area contributed by atoms with E-state index in [1.165, 1.54) is 6.07 Å². The first-order valence-corrected chi connectivity index (χ1v) is 12.2. The van der Waals surface area contributed by atoms with Gasteiger partial charge < -0.3 is 24.3 Å². The van der Waals surface area contributed by atoms with E-state index in [1.54, 1.807) is 18.4 Å². The first-order valence-electron chi connectivity index (χ1n) is 12.2. The molecule has 1 aromatic carbocycles. The molecule has 0 unspecified atom stereocenters. The summed E-state index contributed by atoms with van der Waals surface area (Å²) in [5.74, 6) is 0.312. The first-order chi connectivity index (χ1) is 17.9. The molecule has 3 aromatic rings. The molecule has 0 saturated carbocycles. The standard InChI is InChI=1S/C27H26F2N6O2/c1-16-10-17-12-20(28)26(25(29)19(17)11-16)37-27-32-23(14-24(33-27)35-7-5-34(2)6-8-35)31-22-13-18(15-30-22)21-4-3-9-36-21/h3-4,9,11-14H,5-8,10,15H2,1-2H3,(H,30,31,32,33). The minimum Gasteiger partial charge on any atom is -0.465 e. The van der Waals surface area contributed by atoms with E-state index in [1.807, 2.05) is 25.1 Å². The van der Waals surface area contributed by atoms with E-state index in [-0.39, 0.29) is 6.01 Å². The van der Waals surface area contributed by atoms with E-state index < -0.39 is 17.4 Å². The van der Waals surface area contributed by atoms with Crippen molar-refractivity contribution in [2.45, 2.75) is 13.3 Å². The van der Waals surface area contributed by atoms with Crippen molar-refractivity contribution in [1.29, 1.82) is 0 Å². The highest BCUT2D eigenvalue weighted by Gasteiger charge is 2.25. The highest BCUT2D eigenvalue weighted by molar-refractivity contribution is 6.10. The zero-order valence-corrected chi connectivity index (χ0v) is 20.6. The Hall–Kier alpha value is -4.05. The van der Waals surface area contributed by atoms with Crippen LogP contribution in [0.15, 0.2) is 51.6 Å². The number of halogens is 2. The zero-order valence-electron chi connectivity index (χ0n) is 20.6. The Labute approximate surface area is 213 Å². The second-order valence-electron chi connectivity index (χ2n) is 9.50. The van der Waals surface area contributed by atoms with Crippen LogP contribution in [-0.4, -0.2) is 60.5 Å². The van der Waals surface area contributed by atoms with E-state index in [9.17, 15) is 4.39 Å². The van der Waals surface area contributed by atoms with Crippen molar-refractivity contribution in [3.63, 3.8) is 0 Å². The molecule has 1 N–H and O–H groups in total. The second-order valence-corrected chi connectivity index (χ2v) is 9.50. The SMILES string of the molecule is CC1=Cc2c(cc(F)c(Oc3nc(NC4=NCC(c5ccco5)=C4)cc(N4CCN(C)CC4)n3)c2F)C1. The second kappa shape index (κ2) is 9.44. The summed E-state index contributed by atoms with van der Waals surface area (Å²) in [6, 6.07) is 6.67. The van der Waals surface area contributed by atoms with Gasteiger partial charge in [-0.3, -0.25) is 4.99 Å². The van der Waals surface area contributed by atoms with E-state index >= 15 is 4.39 Å². The molecular weight excluding hydrogens is 478 g/mol. The molecule has 2 aromatic heterocycles. The molecule has 0 amide bonds. The van der Waals surface area contributed by atoms with Crippen molar-refractivity contribution < 1.29 is 17.9 Å². The van der Waals surface area contributed by atoms with Crippen LogP contribution in [0.3, 0.4) is 0 Å². The van der Waals surface area contributed by atoms with Gasteiger partial charge in [0.15, 0.2) is 11.6 Å². The van der Waals surface area contributed by atoms with Crippen molar-refractivity contribution >= 4 is 29.1 Å². The number of amidine groups is 1. The van der Waals surface area contributed by atoms with Crippen molar-refractivity contribution in [3.05, 3.63) is 70.7 Å². The number of benzene rings is 1. The lowest BCUT2D eigenvalue weighted by atomic mass is 10.1. The monoisotopic (exact) mass is 504 g/mol. The molecule has 8 nitrogen and oxygen atoms in total. The molecule has 190 valence electrons. The Morgan fingerprint density at radius 2 is 1.92 bits per heavy atom. The van der Waals surface area contributed by atoms with Gasteiger partial charge in [-0.15, -0.1) is 0 Å². The van der Waals surface area contributed by atoms with Crippen LogP contribution in [0.5, 0.6) is 11.8 Å². The van der Waals surface area contributed by atoms with Crippen molar-refractivity contribution in [2.24, 2.45) is 4.99 Å². The summed E-state index contributed by atoms with van der Waals surface area (Å²) >= 11 is 0. The molecule has 0 spiro atoms. The Bertz CT molecular complexity index is 1440. The van der Waals surface area contributed by atoms with Crippen LogP contribution in [0.1, 0.15) is 23.8 Å². The summed E-state index contributed by atoms with van der Waals surface area (Å²) in [5, 5.41) is 3.19. The minimum absolute atomic E-state index is 0.149. The third-order valence-electron chi connectivity index (χ3n) is 6.70. The van der Waals surface area contributed by atoms with Gasteiger partial charge in [0.25, 0.3) is 0 Å². The predicted octanol–water partition coefficient (Wildman–Crippen LogP) is 4.76. The fraction of sp³-hybridized carbons (Fsp3) is 0.296. The molecule has 0 bridgehead atoms. The number of fused-ring (bicyclic) bond motifs is 1. The maximum Gasteiger partial charge on any atom is 0.326 e. The maximum atomic E-state index is 15.3. The molecule has 4 heterocycles. The van der Waals surface area contributed by atoms with Gasteiger partial charge in [-0.2, -0.15) is 9.97 Å². The largest absolute Gasteiger partial charge is 0.465 e. The van der Waals surface area contributed by atoms with Crippen LogP contribution in [0.25, 0.3) is 11.6 Å². The summed E-state index contributed by atoms with van der Waals surface area (Å²) in [5.41, 5.74) is 2.85. The number of anilines is 2. The lowest BCUT2D eigenvalue weighted by molar-refractivity contribution is 0.311. The van der Waals surface area contributed by atoms with Gasteiger partial charge in [0.1, 0.15) is 23.2 Å². The highest BCUT2D eigenvalue weighted by Crippen LogP contribution is 2.36. The lowest BCUT2D eigenvalue weighted by Gasteiger charge is -2.33. The Balaban J connectivity index is 1.32. The molecular formula is C27H26F2N6O2. The fourth-order valence-electron chi connectivity index (χ4n) is 4.71. The van der Waals surface area contributed by atoms with Crippen molar-refractivity contribution in [1.82, 2.24) is 14.9 Å². The van der Waals surface area contributed by atoms with Crippen molar-refractivity contribution in [3.8, 4) is 11.8 Å². The molecule has 0 radical (unpaired) electrons. The number of aromatic nitrogens is 2. The van der Waals surface area contributed by atoms with Gasteiger partial charge in [-0.25, -0.2) is 8.78 Å². The van der Waals surface area contributed by atoms with Gasteiger partial charge in [-0.05, 0) is 50.2 Å². The summed E-state index contributed by atoms with van der Waals surface area (Å²) in [6.45, 7) is 5.59. The number of likely N-dealkylation sites (N-methyl/N-ethyl adjacent to an activating group) is 1. The highest BCUT2D eigenvalue weighted by atomic mass is 19.1. The van der Waals surface area contributed by atoms with E-state index in [4.69, 9.17) is 9.15 Å². The molecule has 1 aliphatic carbocycles. The quantitative estimate of drug-likeness (QED) is 0.537. The Morgan fingerprint density at radius 3 is 2.70 bits per heavy atom. The van der Waals surface area contributed by atoms with Crippen LogP contribution >= 0.6 is 0 Å². The van der Waals surface area contributed by atoms with Gasteiger partial charge in [0.2, 0.25) is 5.75 Å². The van der Waals surface area contributed by atoms with E-state index in [0.717, 1.165) is 43.1 Å². The smallest absolute Gasteiger partial charge is 0.326 e. The third kappa shape index (κ3) is 4.72. The summed E-state index contributed by atoms with van der Waals surface area (Å²) in [4.78, 5) is 17.8. The molecule has 37 heavy (non-hydrogen) atoms. The lowest BCUT2D eigenvalue weighted by Crippen LogP contribution is -2.44. The van der Waals surface area contributed by atoms with E-state index in [2.05, 4.69) is 37.1 Å². The van der Waals surface area contributed by atoms with Crippen molar-refractivity contribution in [2.75, 3.05) is 50.0 Å². The van der Waals surface area contributed by atoms with Crippen LogP contribution in [0.2, 0.25) is 0 Å². The minimum atomic E-state index is -0.784. The average Bonchev–Trinajstić information content (AvgIpc) is 3.63. The van der Waals surface area contributed by atoms with Gasteiger partial charge in [0.05, 0.1) is 12.8 Å². The number of allylic oxidation sites excluding steroid dienone is 1. The van der Waals surface area contributed by atoms with Gasteiger partial charge >= 0.3 is 6.01 Å². The number of piperazine rings is 1. The number of hydrogen-bond acceptors (Lipinski definition) is 8.